The number of nitrogens with one attached hydrogen (secondary N) is 2. The van der Waals surface area contributed by atoms with Crippen LogP contribution < -0.4 is 10.6 Å². The lowest BCUT2D eigenvalue weighted by Crippen LogP contribution is -2.39. The Labute approximate surface area is 57.8 Å². The Hall–Kier alpha value is -0.870. The van der Waals surface area contributed by atoms with Crippen LogP contribution in [0.4, 0.5) is 13.6 Å². The Bertz CT molecular complexity index is 121. The molecule has 2 amide bonds. The molecule has 2 N–H and O–H groups in total. The van der Waals surface area contributed by atoms with E-state index in [0.717, 1.165) is 6.92 Å². The molecule has 0 aliphatic heterocycles. The smallest absolute Gasteiger partial charge is 0.314 e. The quantitative estimate of drug-likeness (QED) is 0.596. The second-order valence-electron chi connectivity index (χ2n) is 2.00. The summed E-state index contributed by atoms with van der Waals surface area (Å²) in [4.78, 5) is 10.3. The maximum atomic E-state index is 12.0. The fourth-order valence-electron chi connectivity index (χ4n) is 0.324. The van der Waals surface area contributed by atoms with Gasteiger partial charge in [0.05, 0.1) is 6.54 Å². The van der Waals surface area contributed by atoms with Crippen LogP contribution in [-0.4, -0.2) is 25.5 Å². The maximum Gasteiger partial charge on any atom is 0.314 e. The van der Waals surface area contributed by atoms with Crippen molar-refractivity contribution in [2.75, 3.05) is 13.6 Å². The second-order valence-corrected chi connectivity index (χ2v) is 2.00. The number of hydrogen-bond donors (Lipinski definition) is 2. The molecular weight excluding hydrogens is 142 g/mol. The number of amides is 2. The van der Waals surface area contributed by atoms with E-state index in [1.807, 2.05) is 5.32 Å². The molecule has 0 aliphatic carbocycles. The predicted octanol–water partition coefficient (Wildman–Crippen LogP) is 0.571. The maximum absolute atomic E-state index is 12.0. The lowest BCUT2D eigenvalue weighted by Gasteiger charge is -2.10. The first-order valence-electron chi connectivity index (χ1n) is 2.79. The van der Waals surface area contributed by atoms with Crippen molar-refractivity contribution >= 4 is 6.03 Å². The van der Waals surface area contributed by atoms with Crippen LogP contribution >= 0.6 is 0 Å². The van der Waals surface area contributed by atoms with Crippen LogP contribution in [0, 0.1) is 0 Å². The highest BCUT2D eigenvalue weighted by Crippen LogP contribution is 2.08. The number of urea groups is 1. The molecule has 10 heavy (non-hydrogen) atoms. The van der Waals surface area contributed by atoms with Gasteiger partial charge in [0.1, 0.15) is 0 Å². The molecule has 60 valence electrons. The van der Waals surface area contributed by atoms with Gasteiger partial charge in [-0.1, -0.05) is 0 Å². The molecular formula is C5H10F2N2O. The zero-order chi connectivity index (χ0) is 8.20. The summed E-state index contributed by atoms with van der Waals surface area (Å²) in [6.45, 7) is 0.107. The summed E-state index contributed by atoms with van der Waals surface area (Å²) < 4.78 is 24.0. The standard InChI is InChI=1S/C5H10F2N2O/c1-5(6,7)3-9-4(10)8-2/h3H2,1-2H3,(H2,8,9,10). The van der Waals surface area contributed by atoms with Crippen molar-refractivity contribution in [2.45, 2.75) is 12.8 Å². The highest BCUT2D eigenvalue weighted by molar-refractivity contribution is 5.73. The summed E-state index contributed by atoms with van der Waals surface area (Å²) in [6.07, 6.45) is 0. The molecule has 5 heteroatoms. The molecule has 0 spiro atoms. The third-order valence-electron chi connectivity index (χ3n) is 0.786. The number of hydrogen-bond acceptors (Lipinski definition) is 1. The van der Waals surface area contributed by atoms with E-state index in [0.29, 0.717) is 0 Å². The van der Waals surface area contributed by atoms with E-state index in [2.05, 4.69) is 5.32 Å². The van der Waals surface area contributed by atoms with Gasteiger partial charge >= 0.3 is 6.03 Å². The second kappa shape index (κ2) is 3.34. The van der Waals surface area contributed by atoms with Gasteiger partial charge in [0, 0.05) is 14.0 Å². The summed E-state index contributed by atoms with van der Waals surface area (Å²) in [5.41, 5.74) is 0. The Balaban J connectivity index is 3.46. The van der Waals surface area contributed by atoms with Gasteiger partial charge in [-0.3, -0.25) is 0 Å². The number of carbonyl (C=O) groups is 1. The summed E-state index contributed by atoms with van der Waals surface area (Å²) in [5, 5.41) is 4.13. The molecule has 0 bridgehead atoms. The van der Waals surface area contributed by atoms with Gasteiger partial charge in [-0.15, -0.1) is 0 Å². The van der Waals surface area contributed by atoms with Gasteiger partial charge in [0.25, 0.3) is 5.92 Å². The molecule has 0 aliphatic rings. The van der Waals surface area contributed by atoms with Crippen LogP contribution in [0.25, 0.3) is 0 Å². The topological polar surface area (TPSA) is 41.1 Å². The zero-order valence-corrected chi connectivity index (χ0v) is 5.87. The van der Waals surface area contributed by atoms with Gasteiger partial charge in [0.2, 0.25) is 0 Å². The number of carbonyl (C=O) groups excluding carboxylic acids is 1. The molecule has 3 nitrogen and oxygen atoms in total. The minimum absolute atomic E-state index is 0.596. The molecule has 0 heterocycles. The van der Waals surface area contributed by atoms with Gasteiger partial charge in [-0.2, -0.15) is 0 Å². The lowest BCUT2D eigenvalue weighted by atomic mass is 10.4. The van der Waals surface area contributed by atoms with Crippen molar-refractivity contribution in [1.82, 2.24) is 10.6 Å². The number of rotatable bonds is 2. The molecule has 0 saturated carbocycles. The van der Waals surface area contributed by atoms with Gasteiger partial charge in [-0.25, -0.2) is 13.6 Å². The van der Waals surface area contributed by atoms with E-state index in [1.54, 1.807) is 0 Å². The Morgan fingerprint density at radius 1 is 1.60 bits per heavy atom. The number of halogens is 2. The summed E-state index contributed by atoms with van der Waals surface area (Å²) in [6, 6.07) is -0.596. The molecule has 0 aromatic carbocycles. The van der Waals surface area contributed by atoms with Crippen molar-refractivity contribution in [3.63, 3.8) is 0 Å². The summed E-state index contributed by atoms with van der Waals surface area (Å²) in [7, 11) is 1.36. The third-order valence-corrected chi connectivity index (χ3v) is 0.786. The van der Waals surface area contributed by atoms with Crippen molar-refractivity contribution in [3.05, 3.63) is 0 Å². The van der Waals surface area contributed by atoms with Crippen LogP contribution in [0.3, 0.4) is 0 Å². The van der Waals surface area contributed by atoms with E-state index in [-0.39, 0.29) is 0 Å². The van der Waals surface area contributed by atoms with E-state index >= 15 is 0 Å². The van der Waals surface area contributed by atoms with Crippen molar-refractivity contribution in [2.24, 2.45) is 0 Å². The van der Waals surface area contributed by atoms with Crippen LogP contribution in [-0.2, 0) is 0 Å². The fraction of sp³-hybridized carbons (Fsp3) is 0.800. The van der Waals surface area contributed by atoms with Crippen LogP contribution in [0.2, 0.25) is 0 Å². The zero-order valence-electron chi connectivity index (χ0n) is 5.87. The number of alkyl halides is 2. The molecule has 0 unspecified atom stereocenters. The third kappa shape index (κ3) is 5.27. The largest absolute Gasteiger partial charge is 0.341 e. The summed E-state index contributed by atoms with van der Waals surface area (Å²) in [5.74, 6) is -2.84. The molecule has 0 atom stereocenters. The first kappa shape index (κ1) is 9.13. The van der Waals surface area contributed by atoms with Crippen molar-refractivity contribution in [1.29, 1.82) is 0 Å². The minimum atomic E-state index is -2.84. The van der Waals surface area contributed by atoms with Gasteiger partial charge in [0.15, 0.2) is 0 Å². The molecule has 0 rings (SSSR count). The van der Waals surface area contributed by atoms with Crippen molar-refractivity contribution in [3.8, 4) is 0 Å². The average molecular weight is 152 g/mol. The fourth-order valence-corrected chi connectivity index (χ4v) is 0.324. The van der Waals surface area contributed by atoms with Crippen molar-refractivity contribution < 1.29 is 13.6 Å². The molecule has 0 saturated heterocycles. The van der Waals surface area contributed by atoms with E-state index < -0.39 is 18.5 Å². The first-order valence-corrected chi connectivity index (χ1v) is 2.79. The Kier molecular flexibility index (Phi) is 3.05. The van der Waals surface area contributed by atoms with E-state index in [4.69, 9.17) is 0 Å². The normalized spacial score (nSPS) is 10.8. The lowest BCUT2D eigenvalue weighted by molar-refractivity contribution is 0.0253. The van der Waals surface area contributed by atoms with Crippen LogP contribution in [0.5, 0.6) is 0 Å². The first-order chi connectivity index (χ1) is 4.45. The molecule has 0 fully saturated rings. The molecule has 0 radical (unpaired) electrons. The SMILES string of the molecule is CNC(=O)NCC(C)(F)F. The monoisotopic (exact) mass is 152 g/mol. The minimum Gasteiger partial charge on any atom is -0.341 e. The Morgan fingerprint density at radius 3 is 2.40 bits per heavy atom. The van der Waals surface area contributed by atoms with E-state index in [9.17, 15) is 13.6 Å². The van der Waals surface area contributed by atoms with Gasteiger partial charge < -0.3 is 10.6 Å². The van der Waals surface area contributed by atoms with Crippen LogP contribution in [0.1, 0.15) is 6.92 Å². The predicted molar refractivity (Wildman–Crippen MR) is 33.1 cm³/mol. The highest BCUT2D eigenvalue weighted by Gasteiger charge is 2.20. The average Bonchev–Trinajstić information content (AvgIpc) is 1.81. The molecule has 0 aromatic rings. The Morgan fingerprint density at radius 2 is 2.10 bits per heavy atom. The van der Waals surface area contributed by atoms with E-state index in [1.165, 1.54) is 7.05 Å². The van der Waals surface area contributed by atoms with Gasteiger partial charge in [-0.05, 0) is 0 Å². The molecule has 0 aromatic heterocycles. The summed E-state index contributed by atoms with van der Waals surface area (Å²) >= 11 is 0. The highest BCUT2D eigenvalue weighted by atomic mass is 19.3. The van der Waals surface area contributed by atoms with Crippen LogP contribution in [0.15, 0.2) is 0 Å².